The van der Waals surface area contributed by atoms with Crippen LogP contribution in [0.5, 0.6) is 0 Å². The van der Waals surface area contributed by atoms with Gasteiger partial charge >= 0.3 is 0 Å². The first-order chi connectivity index (χ1) is 14.0. The van der Waals surface area contributed by atoms with E-state index in [1.807, 2.05) is 67.3 Å². The Morgan fingerprint density at radius 3 is 2.21 bits per heavy atom. The Labute approximate surface area is 176 Å². The molecule has 152 valence electrons. The summed E-state index contributed by atoms with van der Waals surface area (Å²) < 4.78 is 0. The van der Waals surface area contributed by atoms with Crippen LogP contribution in [0.3, 0.4) is 0 Å². The number of anilines is 2. The van der Waals surface area contributed by atoms with E-state index in [0.29, 0.717) is 18.0 Å². The van der Waals surface area contributed by atoms with Crippen LogP contribution >= 0.6 is 11.8 Å². The highest BCUT2D eigenvalue weighted by atomic mass is 32.2. The van der Waals surface area contributed by atoms with Gasteiger partial charge in [-0.15, -0.1) is 11.8 Å². The van der Waals surface area contributed by atoms with E-state index < -0.39 is 0 Å². The minimum absolute atomic E-state index is 0.117. The topological polar surface area (TPSA) is 85.2 Å². The van der Waals surface area contributed by atoms with Gasteiger partial charge in [-0.2, -0.15) is 5.26 Å². The molecule has 0 saturated heterocycles. The van der Waals surface area contributed by atoms with Crippen molar-refractivity contribution in [3.63, 3.8) is 0 Å². The number of nitrogens with one attached hydrogen (secondary N) is 2. The highest BCUT2D eigenvalue weighted by Crippen LogP contribution is 2.26. The van der Waals surface area contributed by atoms with Crippen molar-refractivity contribution in [2.45, 2.75) is 25.2 Å². The molecule has 0 unspecified atom stereocenters. The number of carbonyl (C=O) groups excluding carboxylic acids is 2. The summed E-state index contributed by atoms with van der Waals surface area (Å²) in [5.74, 6) is -0.0221. The molecule has 0 fully saturated rings. The molecule has 0 heterocycles. The number of nitriles is 1. The van der Waals surface area contributed by atoms with E-state index in [1.54, 1.807) is 0 Å². The second-order valence-electron chi connectivity index (χ2n) is 6.56. The predicted molar refractivity (Wildman–Crippen MR) is 118 cm³/mol. The molecule has 29 heavy (non-hydrogen) atoms. The number of thioether (sulfide) groups is 1. The highest BCUT2D eigenvalue weighted by Gasteiger charge is 2.16. The van der Waals surface area contributed by atoms with E-state index in [2.05, 4.69) is 16.7 Å². The van der Waals surface area contributed by atoms with E-state index in [0.717, 1.165) is 22.6 Å². The van der Waals surface area contributed by atoms with Crippen LogP contribution in [0, 0.1) is 18.3 Å². The van der Waals surface area contributed by atoms with Crippen LogP contribution < -0.4 is 10.6 Å². The van der Waals surface area contributed by atoms with E-state index in [4.69, 9.17) is 5.26 Å². The zero-order valence-electron chi connectivity index (χ0n) is 16.8. The summed E-state index contributed by atoms with van der Waals surface area (Å²) in [5.41, 5.74) is 2.45. The van der Waals surface area contributed by atoms with Crippen LogP contribution in [-0.2, 0) is 9.59 Å². The van der Waals surface area contributed by atoms with Gasteiger partial charge in [-0.3, -0.25) is 14.5 Å². The van der Waals surface area contributed by atoms with Crippen LogP contribution in [-0.4, -0.2) is 42.1 Å². The number of rotatable bonds is 10. The molecule has 2 aromatic rings. The van der Waals surface area contributed by atoms with E-state index in [-0.39, 0.29) is 24.9 Å². The number of para-hydroxylation sites is 2. The average molecular weight is 411 g/mol. The molecule has 0 aliphatic carbocycles. The first-order valence-electron chi connectivity index (χ1n) is 9.50. The molecule has 0 atom stereocenters. The smallest absolute Gasteiger partial charge is 0.238 e. The molecule has 0 saturated carbocycles. The minimum Gasteiger partial charge on any atom is -0.325 e. The third kappa shape index (κ3) is 7.60. The molecule has 2 amide bonds. The molecule has 0 bridgehead atoms. The van der Waals surface area contributed by atoms with Gasteiger partial charge in [0.05, 0.1) is 30.6 Å². The van der Waals surface area contributed by atoms with Crippen LogP contribution in [0.25, 0.3) is 0 Å². The largest absolute Gasteiger partial charge is 0.325 e. The SMILES string of the molecule is CCCN(CC(=O)Nc1ccccc1C)CC(=O)Nc1ccccc1SCC#N. The van der Waals surface area contributed by atoms with Gasteiger partial charge in [0.25, 0.3) is 0 Å². The van der Waals surface area contributed by atoms with Crippen LogP contribution in [0.2, 0.25) is 0 Å². The number of nitrogens with zero attached hydrogens (tertiary/aromatic N) is 2. The van der Waals surface area contributed by atoms with Crippen molar-refractivity contribution in [3.8, 4) is 6.07 Å². The number of benzene rings is 2. The molecule has 0 aromatic heterocycles. The van der Waals surface area contributed by atoms with Gasteiger partial charge < -0.3 is 10.6 Å². The first kappa shape index (κ1) is 22.5. The molecular weight excluding hydrogens is 384 g/mol. The summed E-state index contributed by atoms with van der Waals surface area (Å²) >= 11 is 1.38. The standard InChI is InChI=1S/C22H26N4O2S/c1-3-13-26(15-21(27)24-18-9-5-4-8-17(18)2)16-22(28)25-19-10-6-7-11-20(19)29-14-12-23/h4-11H,3,13-16H2,1-2H3,(H,24,27)(H,25,28). The maximum atomic E-state index is 12.6. The average Bonchev–Trinajstić information content (AvgIpc) is 2.69. The zero-order valence-corrected chi connectivity index (χ0v) is 17.6. The molecule has 7 heteroatoms. The van der Waals surface area contributed by atoms with Crippen LogP contribution in [0.1, 0.15) is 18.9 Å². The molecule has 0 aliphatic rings. The number of amides is 2. The third-order valence-corrected chi connectivity index (χ3v) is 5.09. The lowest BCUT2D eigenvalue weighted by Crippen LogP contribution is -2.39. The summed E-state index contributed by atoms with van der Waals surface area (Å²) in [6.45, 7) is 4.85. The molecule has 0 radical (unpaired) electrons. The molecule has 2 aromatic carbocycles. The Morgan fingerprint density at radius 1 is 1.00 bits per heavy atom. The number of aryl methyl sites for hydroxylation is 1. The van der Waals surface area contributed by atoms with Crippen LogP contribution in [0.15, 0.2) is 53.4 Å². The fourth-order valence-electron chi connectivity index (χ4n) is 2.83. The van der Waals surface area contributed by atoms with Crippen molar-refractivity contribution in [2.75, 3.05) is 36.0 Å². The van der Waals surface area contributed by atoms with Gasteiger partial charge in [0.2, 0.25) is 11.8 Å². The zero-order chi connectivity index (χ0) is 21.1. The van der Waals surface area contributed by atoms with Crippen molar-refractivity contribution in [1.29, 1.82) is 5.26 Å². The lowest BCUT2D eigenvalue weighted by molar-refractivity contribution is -0.120. The van der Waals surface area contributed by atoms with Crippen molar-refractivity contribution < 1.29 is 9.59 Å². The fourth-order valence-corrected chi connectivity index (χ4v) is 3.50. The summed E-state index contributed by atoms with van der Waals surface area (Å²) in [4.78, 5) is 27.7. The van der Waals surface area contributed by atoms with Gasteiger partial charge in [-0.05, 0) is 43.7 Å². The Hall–Kier alpha value is -2.82. The summed E-state index contributed by atoms with van der Waals surface area (Å²) in [5, 5.41) is 14.6. The summed E-state index contributed by atoms with van der Waals surface area (Å²) in [6.07, 6.45) is 0.833. The quantitative estimate of drug-likeness (QED) is 0.580. The van der Waals surface area contributed by atoms with Crippen molar-refractivity contribution in [2.24, 2.45) is 0 Å². The predicted octanol–water partition coefficient (Wildman–Crippen LogP) is 3.90. The van der Waals surface area contributed by atoms with Crippen LogP contribution in [0.4, 0.5) is 11.4 Å². The Bertz CT molecular complexity index is 879. The fraction of sp³-hybridized carbons (Fsp3) is 0.318. The molecule has 0 spiro atoms. The Morgan fingerprint density at radius 2 is 1.59 bits per heavy atom. The lowest BCUT2D eigenvalue weighted by atomic mass is 10.2. The van der Waals surface area contributed by atoms with Crippen molar-refractivity contribution in [3.05, 3.63) is 54.1 Å². The Kier molecular flexibility index (Phi) is 9.22. The van der Waals surface area contributed by atoms with Gasteiger partial charge in [0.1, 0.15) is 0 Å². The maximum Gasteiger partial charge on any atom is 0.238 e. The van der Waals surface area contributed by atoms with Gasteiger partial charge in [-0.25, -0.2) is 0 Å². The normalized spacial score (nSPS) is 10.4. The first-order valence-corrected chi connectivity index (χ1v) is 10.5. The summed E-state index contributed by atoms with van der Waals surface area (Å²) in [6, 6.07) is 17.1. The number of carbonyl (C=O) groups is 2. The van der Waals surface area contributed by atoms with Gasteiger partial charge in [0, 0.05) is 10.6 Å². The molecule has 2 rings (SSSR count). The van der Waals surface area contributed by atoms with Gasteiger partial charge in [-0.1, -0.05) is 37.3 Å². The second kappa shape index (κ2) is 11.9. The minimum atomic E-state index is -0.188. The molecule has 0 aliphatic heterocycles. The summed E-state index contributed by atoms with van der Waals surface area (Å²) in [7, 11) is 0. The van der Waals surface area contributed by atoms with Crippen molar-refractivity contribution >= 4 is 35.0 Å². The van der Waals surface area contributed by atoms with E-state index >= 15 is 0 Å². The lowest BCUT2D eigenvalue weighted by Gasteiger charge is -2.21. The molecule has 6 nitrogen and oxygen atoms in total. The van der Waals surface area contributed by atoms with Crippen molar-refractivity contribution in [1.82, 2.24) is 4.90 Å². The monoisotopic (exact) mass is 410 g/mol. The number of hydrogen-bond donors (Lipinski definition) is 2. The maximum absolute atomic E-state index is 12.6. The second-order valence-corrected chi connectivity index (χ2v) is 7.58. The molecule has 2 N–H and O–H groups in total. The van der Waals surface area contributed by atoms with Gasteiger partial charge in [0.15, 0.2) is 0 Å². The highest BCUT2D eigenvalue weighted by molar-refractivity contribution is 7.99. The third-order valence-electron chi connectivity index (χ3n) is 4.15. The number of hydrogen-bond acceptors (Lipinski definition) is 5. The Balaban J connectivity index is 1.96. The van der Waals surface area contributed by atoms with E-state index in [1.165, 1.54) is 11.8 Å². The van der Waals surface area contributed by atoms with E-state index in [9.17, 15) is 9.59 Å². The molecular formula is C22H26N4O2S.